The highest BCUT2D eigenvalue weighted by Crippen LogP contribution is 2.12. The maximum absolute atomic E-state index is 13.0. The number of para-hydroxylation sites is 1. The molecule has 140 valence electrons. The van der Waals surface area contributed by atoms with Crippen LogP contribution < -0.4 is 10.3 Å². The van der Waals surface area contributed by atoms with Crippen molar-refractivity contribution in [1.29, 1.82) is 0 Å². The van der Waals surface area contributed by atoms with Crippen molar-refractivity contribution in [1.82, 2.24) is 9.97 Å². The fourth-order valence-electron chi connectivity index (χ4n) is 3.12. The first kappa shape index (κ1) is 18.8. The predicted octanol–water partition coefficient (Wildman–Crippen LogP) is 1.36. The van der Waals surface area contributed by atoms with E-state index in [-0.39, 0.29) is 17.7 Å². The third kappa shape index (κ3) is 4.41. The molecule has 6 heteroatoms. The maximum atomic E-state index is 13.0. The number of aromatic amines is 1. The van der Waals surface area contributed by atoms with Crippen LogP contribution in [0.2, 0.25) is 0 Å². The Bertz CT molecular complexity index is 983. The second kappa shape index (κ2) is 8.60. The van der Waals surface area contributed by atoms with Gasteiger partial charge < -0.3 is 14.6 Å². The Morgan fingerprint density at radius 3 is 2.67 bits per heavy atom. The molecule has 0 fully saturated rings. The van der Waals surface area contributed by atoms with Crippen molar-refractivity contribution >= 4 is 16.9 Å². The van der Waals surface area contributed by atoms with E-state index in [0.717, 1.165) is 17.9 Å². The first-order valence-corrected chi connectivity index (χ1v) is 9.11. The summed E-state index contributed by atoms with van der Waals surface area (Å²) in [6.45, 7) is 3.29. The van der Waals surface area contributed by atoms with Gasteiger partial charge in [-0.25, -0.2) is 4.79 Å². The van der Waals surface area contributed by atoms with Crippen LogP contribution in [0, 0.1) is 0 Å². The molecule has 0 amide bonds. The highest BCUT2D eigenvalue weighted by atomic mass is 16.5. The average molecular weight is 366 g/mol. The zero-order chi connectivity index (χ0) is 19.2. The van der Waals surface area contributed by atoms with Gasteiger partial charge in [0.2, 0.25) is 0 Å². The highest BCUT2D eigenvalue weighted by Gasteiger charge is 2.21. The summed E-state index contributed by atoms with van der Waals surface area (Å²) in [5, 5.41) is 0.586. The number of H-pyrrole nitrogens is 1. The monoisotopic (exact) mass is 366 g/mol. The van der Waals surface area contributed by atoms with Crippen LogP contribution in [-0.2, 0) is 17.7 Å². The van der Waals surface area contributed by atoms with Crippen LogP contribution in [0.3, 0.4) is 0 Å². The van der Waals surface area contributed by atoms with Crippen molar-refractivity contribution in [2.24, 2.45) is 0 Å². The molecule has 0 aliphatic carbocycles. The third-order valence-corrected chi connectivity index (χ3v) is 4.56. The van der Waals surface area contributed by atoms with Gasteiger partial charge >= 0.3 is 5.97 Å². The normalized spacial score (nSPS) is 12.1. The quantitative estimate of drug-likeness (QED) is 0.619. The van der Waals surface area contributed by atoms with E-state index < -0.39 is 5.97 Å². The number of carbonyl (C=O) groups is 1. The fraction of sp³-hybridized carbons (Fsp3) is 0.286. The molecule has 3 aromatic rings. The lowest BCUT2D eigenvalue weighted by Crippen LogP contribution is -3.08. The number of esters is 1. The predicted molar refractivity (Wildman–Crippen MR) is 104 cm³/mol. The number of nitrogens with one attached hydrogen (secondary N) is 2. The zero-order valence-electron chi connectivity index (χ0n) is 15.6. The molecule has 1 aromatic carbocycles. The summed E-state index contributed by atoms with van der Waals surface area (Å²) in [7, 11) is 2.02. The van der Waals surface area contributed by atoms with Crippen LogP contribution in [0.4, 0.5) is 0 Å². The smallest absolute Gasteiger partial charge is 0.355 e. The molecule has 6 nitrogen and oxygen atoms in total. The standard InChI is InChI=1S/C21H23N3O3/c1-3-27-21(26)19-17(20(25)16-6-4-5-7-18(16)23-19)14-24(2)13-10-15-8-11-22-12-9-15/h4-9,11-12H,3,10,13-14H2,1-2H3,(H,23,25)/p+1. The van der Waals surface area contributed by atoms with Crippen LogP contribution in [-0.4, -0.2) is 36.1 Å². The number of hydrogen-bond acceptors (Lipinski definition) is 4. The number of likely N-dealkylation sites (N-methyl/N-ethyl adjacent to an activating group) is 1. The minimum absolute atomic E-state index is 0.115. The summed E-state index contributed by atoms with van der Waals surface area (Å²) in [6.07, 6.45) is 4.42. The van der Waals surface area contributed by atoms with E-state index in [0.29, 0.717) is 23.0 Å². The van der Waals surface area contributed by atoms with Gasteiger partial charge in [0.1, 0.15) is 12.2 Å². The lowest BCUT2D eigenvalue weighted by Gasteiger charge is -2.16. The van der Waals surface area contributed by atoms with Gasteiger partial charge in [-0.05, 0) is 36.8 Å². The van der Waals surface area contributed by atoms with E-state index in [9.17, 15) is 9.59 Å². The summed E-state index contributed by atoms with van der Waals surface area (Å²) in [6, 6.07) is 11.2. The Balaban J connectivity index is 1.89. The molecule has 2 heterocycles. The second-order valence-electron chi connectivity index (χ2n) is 6.56. The number of hydrogen-bond donors (Lipinski definition) is 2. The van der Waals surface area contributed by atoms with Gasteiger partial charge in [-0.15, -0.1) is 0 Å². The lowest BCUT2D eigenvalue weighted by atomic mass is 10.1. The lowest BCUT2D eigenvalue weighted by molar-refractivity contribution is -0.893. The van der Waals surface area contributed by atoms with Gasteiger partial charge in [-0.2, -0.15) is 0 Å². The summed E-state index contributed by atoms with van der Waals surface area (Å²) >= 11 is 0. The summed E-state index contributed by atoms with van der Waals surface area (Å²) in [5.41, 5.74) is 2.45. The number of rotatable bonds is 7. The Labute approximate surface area is 157 Å². The number of benzene rings is 1. The molecule has 0 aliphatic rings. The van der Waals surface area contributed by atoms with Crippen molar-refractivity contribution in [2.45, 2.75) is 19.9 Å². The number of nitrogens with zero attached hydrogens (tertiary/aromatic N) is 1. The molecule has 0 saturated carbocycles. The maximum Gasteiger partial charge on any atom is 0.355 e. The Kier molecular flexibility index (Phi) is 5.98. The SMILES string of the molecule is CCOC(=O)c1[nH]c2ccccc2c(=O)c1C[NH+](C)CCc1ccncc1. The van der Waals surface area contributed by atoms with Crippen LogP contribution in [0.1, 0.15) is 28.5 Å². The zero-order valence-corrected chi connectivity index (χ0v) is 15.6. The van der Waals surface area contributed by atoms with Gasteiger partial charge in [0.25, 0.3) is 0 Å². The number of aromatic nitrogens is 2. The highest BCUT2D eigenvalue weighted by molar-refractivity contribution is 5.92. The van der Waals surface area contributed by atoms with Crippen LogP contribution in [0.15, 0.2) is 53.6 Å². The van der Waals surface area contributed by atoms with E-state index in [1.165, 1.54) is 5.56 Å². The molecule has 3 rings (SSSR count). The topological polar surface area (TPSA) is 76.5 Å². The van der Waals surface area contributed by atoms with E-state index in [1.807, 2.05) is 31.3 Å². The Morgan fingerprint density at radius 1 is 1.19 bits per heavy atom. The first-order valence-electron chi connectivity index (χ1n) is 9.11. The fourth-order valence-corrected chi connectivity index (χ4v) is 3.12. The van der Waals surface area contributed by atoms with E-state index in [2.05, 4.69) is 9.97 Å². The van der Waals surface area contributed by atoms with Crippen LogP contribution in [0.25, 0.3) is 10.9 Å². The number of ether oxygens (including phenoxy) is 1. The minimum atomic E-state index is -0.489. The van der Waals surface area contributed by atoms with Crippen molar-refractivity contribution < 1.29 is 14.4 Å². The number of carbonyl (C=O) groups excluding carboxylic acids is 1. The second-order valence-corrected chi connectivity index (χ2v) is 6.56. The molecule has 2 aromatic heterocycles. The molecular formula is C21H24N3O3+. The van der Waals surface area contributed by atoms with Gasteiger partial charge in [-0.1, -0.05) is 12.1 Å². The van der Waals surface area contributed by atoms with Gasteiger partial charge in [0.05, 0.1) is 25.8 Å². The Morgan fingerprint density at radius 2 is 1.93 bits per heavy atom. The number of fused-ring (bicyclic) bond motifs is 1. The molecule has 0 aliphatic heterocycles. The van der Waals surface area contributed by atoms with Crippen molar-refractivity contribution in [3.8, 4) is 0 Å². The summed E-state index contributed by atoms with van der Waals surface area (Å²) < 4.78 is 5.16. The Hall–Kier alpha value is -2.99. The average Bonchev–Trinajstić information content (AvgIpc) is 2.69. The van der Waals surface area contributed by atoms with Gasteiger partial charge in [0, 0.05) is 29.7 Å². The molecule has 0 saturated heterocycles. The molecule has 0 bridgehead atoms. The molecule has 0 spiro atoms. The first-order chi connectivity index (χ1) is 13.1. The van der Waals surface area contributed by atoms with Gasteiger partial charge in [0.15, 0.2) is 5.43 Å². The van der Waals surface area contributed by atoms with E-state index in [4.69, 9.17) is 4.74 Å². The van der Waals surface area contributed by atoms with Gasteiger partial charge in [-0.3, -0.25) is 9.78 Å². The van der Waals surface area contributed by atoms with Crippen molar-refractivity contribution in [3.05, 3.63) is 75.8 Å². The number of pyridine rings is 2. The number of quaternary nitrogens is 1. The van der Waals surface area contributed by atoms with Crippen molar-refractivity contribution in [2.75, 3.05) is 20.2 Å². The molecular weight excluding hydrogens is 342 g/mol. The molecule has 27 heavy (non-hydrogen) atoms. The van der Waals surface area contributed by atoms with Crippen molar-refractivity contribution in [3.63, 3.8) is 0 Å². The van der Waals surface area contributed by atoms with E-state index >= 15 is 0 Å². The molecule has 2 N–H and O–H groups in total. The third-order valence-electron chi connectivity index (χ3n) is 4.56. The van der Waals surface area contributed by atoms with Crippen LogP contribution >= 0.6 is 0 Å². The molecule has 1 atom stereocenters. The van der Waals surface area contributed by atoms with Crippen LogP contribution in [0.5, 0.6) is 0 Å². The summed E-state index contributed by atoms with van der Waals surface area (Å²) in [5.74, 6) is -0.489. The van der Waals surface area contributed by atoms with E-state index in [1.54, 1.807) is 31.5 Å². The summed E-state index contributed by atoms with van der Waals surface area (Å²) in [4.78, 5) is 33.7. The largest absolute Gasteiger partial charge is 0.461 e. The molecule has 1 unspecified atom stereocenters. The molecule has 0 radical (unpaired) electrons. The minimum Gasteiger partial charge on any atom is -0.461 e.